The van der Waals surface area contributed by atoms with Crippen LogP contribution in [0, 0.1) is 5.92 Å². The van der Waals surface area contributed by atoms with E-state index in [2.05, 4.69) is 22.9 Å². The molecule has 1 heterocycles. The van der Waals surface area contributed by atoms with E-state index in [1.807, 2.05) is 13.8 Å². The van der Waals surface area contributed by atoms with Gasteiger partial charge < -0.3 is 20.7 Å². The van der Waals surface area contributed by atoms with Crippen molar-refractivity contribution in [2.24, 2.45) is 5.92 Å². The van der Waals surface area contributed by atoms with Crippen LogP contribution in [0.3, 0.4) is 0 Å². The van der Waals surface area contributed by atoms with Gasteiger partial charge in [-0.2, -0.15) is 0 Å². The van der Waals surface area contributed by atoms with E-state index < -0.39 is 47.9 Å². The summed E-state index contributed by atoms with van der Waals surface area (Å²) in [4.78, 5) is 52.0. The predicted octanol–water partition coefficient (Wildman–Crippen LogP) is 3.30. The molecule has 35 heavy (non-hydrogen) atoms. The summed E-state index contributed by atoms with van der Waals surface area (Å²) >= 11 is 6.28. The van der Waals surface area contributed by atoms with Crippen molar-refractivity contribution in [1.29, 1.82) is 0 Å². The molecule has 1 fully saturated rings. The Morgan fingerprint density at radius 2 is 1.74 bits per heavy atom. The van der Waals surface area contributed by atoms with Crippen LogP contribution in [-0.4, -0.2) is 47.9 Å². The lowest BCUT2D eigenvalue weighted by atomic mass is 9.98. The molecule has 0 unspecified atom stereocenters. The van der Waals surface area contributed by atoms with Crippen molar-refractivity contribution in [2.45, 2.75) is 96.9 Å². The predicted molar refractivity (Wildman–Crippen MR) is 135 cm³/mol. The van der Waals surface area contributed by atoms with Crippen molar-refractivity contribution >= 4 is 35.3 Å². The van der Waals surface area contributed by atoms with Gasteiger partial charge in [-0.3, -0.25) is 14.4 Å². The van der Waals surface area contributed by atoms with E-state index in [1.54, 1.807) is 24.3 Å². The molecule has 1 aromatic carbocycles. The standard InChI is InChI=1S/C26H38ClN3O5/c1-5-7-8-12-19-15-22(31)29-21(14-18-11-9-10-13-20(18)27)25(33)28-17(4)24(32)30-23(16(3)6-2)26(34)35-19/h9-11,13,16-17,19,21,23H,5-8,12,14-15H2,1-4H3,(H,28,33)(H,29,31)(H,30,32)/t16-,17-,19+,21-,23+/m0/s1. The maximum atomic E-state index is 13.1. The summed E-state index contributed by atoms with van der Waals surface area (Å²) in [5.41, 5.74) is 0.693. The maximum absolute atomic E-state index is 13.1. The van der Waals surface area contributed by atoms with Gasteiger partial charge in [-0.05, 0) is 37.3 Å². The highest BCUT2D eigenvalue weighted by Gasteiger charge is 2.34. The number of hydrogen-bond donors (Lipinski definition) is 3. The highest BCUT2D eigenvalue weighted by Crippen LogP contribution is 2.19. The average Bonchev–Trinajstić information content (AvgIpc) is 2.82. The summed E-state index contributed by atoms with van der Waals surface area (Å²) in [5.74, 6) is -2.15. The van der Waals surface area contributed by atoms with E-state index in [0.717, 1.165) is 19.3 Å². The van der Waals surface area contributed by atoms with Crippen LogP contribution in [-0.2, 0) is 30.3 Å². The Hall–Kier alpha value is -2.61. The smallest absolute Gasteiger partial charge is 0.329 e. The largest absolute Gasteiger partial charge is 0.460 e. The Labute approximate surface area is 212 Å². The molecule has 0 radical (unpaired) electrons. The van der Waals surface area contributed by atoms with Gasteiger partial charge in [0.05, 0.1) is 6.42 Å². The first-order valence-corrected chi connectivity index (χ1v) is 12.9. The van der Waals surface area contributed by atoms with Gasteiger partial charge in [0.2, 0.25) is 17.7 Å². The Balaban J connectivity index is 2.35. The minimum absolute atomic E-state index is 0.0710. The number of carbonyl (C=O) groups excluding carboxylic acids is 4. The third kappa shape index (κ3) is 8.84. The normalized spacial score (nSPS) is 25.2. The zero-order valence-corrected chi connectivity index (χ0v) is 21.8. The van der Waals surface area contributed by atoms with E-state index in [9.17, 15) is 19.2 Å². The van der Waals surface area contributed by atoms with Crippen molar-refractivity contribution in [3.63, 3.8) is 0 Å². The number of halogens is 1. The molecule has 9 heteroatoms. The SMILES string of the molecule is CCCCC[C@@H]1CC(=O)N[C@@H](Cc2ccccc2Cl)C(=O)N[C@@H](C)C(=O)N[C@H]([C@@H](C)CC)C(=O)O1. The highest BCUT2D eigenvalue weighted by molar-refractivity contribution is 6.31. The molecule has 2 rings (SSSR count). The number of unbranched alkanes of at least 4 members (excludes halogenated alkanes) is 2. The minimum Gasteiger partial charge on any atom is -0.460 e. The summed E-state index contributed by atoms with van der Waals surface area (Å²) in [6, 6.07) is 4.34. The van der Waals surface area contributed by atoms with Gasteiger partial charge in [0, 0.05) is 11.4 Å². The van der Waals surface area contributed by atoms with Crippen molar-refractivity contribution in [3.05, 3.63) is 34.9 Å². The van der Waals surface area contributed by atoms with Crippen molar-refractivity contribution in [1.82, 2.24) is 16.0 Å². The van der Waals surface area contributed by atoms with Crippen molar-refractivity contribution in [2.75, 3.05) is 0 Å². The van der Waals surface area contributed by atoms with E-state index >= 15 is 0 Å². The lowest BCUT2D eigenvalue weighted by molar-refractivity contribution is -0.156. The molecule has 0 bridgehead atoms. The second-order valence-corrected chi connectivity index (χ2v) is 9.68. The fourth-order valence-corrected chi connectivity index (χ4v) is 4.16. The summed E-state index contributed by atoms with van der Waals surface area (Å²) in [7, 11) is 0. The molecule has 1 aliphatic heterocycles. The van der Waals surface area contributed by atoms with Crippen LogP contribution < -0.4 is 16.0 Å². The van der Waals surface area contributed by atoms with Crippen LogP contribution in [0.4, 0.5) is 0 Å². The number of benzene rings is 1. The lowest BCUT2D eigenvalue weighted by Crippen LogP contribution is -2.55. The first kappa shape index (κ1) is 28.6. The fourth-order valence-electron chi connectivity index (χ4n) is 3.94. The topological polar surface area (TPSA) is 114 Å². The minimum atomic E-state index is -0.948. The number of amides is 3. The third-order valence-electron chi connectivity index (χ3n) is 6.38. The number of nitrogens with one attached hydrogen (secondary N) is 3. The molecule has 0 spiro atoms. The van der Waals surface area contributed by atoms with Gasteiger partial charge in [0.15, 0.2) is 0 Å². The first-order chi connectivity index (χ1) is 16.7. The van der Waals surface area contributed by atoms with Crippen LogP contribution in [0.1, 0.15) is 71.8 Å². The molecule has 8 nitrogen and oxygen atoms in total. The fraction of sp³-hybridized carbons (Fsp3) is 0.615. The van der Waals surface area contributed by atoms with Crippen LogP contribution in [0.25, 0.3) is 0 Å². The summed E-state index contributed by atoms with van der Waals surface area (Å²) < 4.78 is 5.76. The Kier molecular flexibility index (Phi) is 11.5. The molecule has 3 amide bonds. The number of carbonyl (C=O) groups is 4. The summed E-state index contributed by atoms with van der Waals surface area (Å²) in [6.07, 6.45) is 3.31. The average molecular weight is 508 g/mol. The number of cyclic esters (lactones) is 1. The monoisotopic (exact) mass is 507 g/mol. The second-order valence-electron chi connectivity index (χ2n) is 9.28. The van der Waals surface area contributed by atoms with Gasteiger partial charge in [0.1, 0.15) is 24.2 Å². The van der Waals surface area contributed by atoms with E-state index in [0.29, 0.717) is 23.4 Å². The van der Waals surface area contributed by atoms with Crippen molar-refractivity contribution < 1.29 is 23.9 Å². The Morgan fingerprint density at radius 3 is 2.40 bits per heavy atom. The van der Waals surface area contributed by atoms with Crippen LogP contribution >= 0.6 is 11.6 Å². The Bertz CT molecular complexity index is 893. The highest BCUT2D eigenvalue weighted by atomic mass is 35.5. The van der Waals surface area contributed by atoms with Crippen molar-refractivity contribution in [3.8, 4) is 0 Å². The molecule has 1 aromatic rings. The lowest BCUT2D eigenvalue weighted by Gasteiger charge is -2.26. The quantitative estimate of drug-likeness (QED) is 0.369. The molecular formula is C26H38ClN3O5. The third-order valence-corrected chi connectivity index (χ3v) is 6.74. The number of rotatable bonds is 8. The van der Waals surface area contributed by atoms with E-state index in [1.165, 1.54) is 6.92 Å². The second kappa shape index (κ2) is 14.1. The zero-order valence-electron chi connectivity index (χ0n) is 21.1. The van der Waals surface area contributed by atoms with Gasteiger partial charge in [0.25, 0.3) is 0 Å². The molecule has 1 saturated heterocycles. The molecule has 194 valence electrons. The number of ether oxygens (including phenoxy) is 1. The van der Waals surface area contributed by atoms with Crippen LogP contribution in [0.15, 0.2) is 24.3 Å². The van der Waals surface area contributed by atoms with Gasteiger partial charge >= 0.3 is 5.97 Å². The zero-order chi connectivity index (χ0) is 26.0. The van der Waals surface area contributed by atoms with Gasteiger partial charge in [-0.1, -0.05) is 69.8 Å². The summed E-state index contributed by atoms with van der Waals surface area (Å²) in [5, 5.41) is 8.65. The molecule has 5 atom stereocenters. The number of esters is 1. The molecular weight excluding hydrogens is 470 g/mol. The summed E-state index contributed by atoms with van der Waals surface area (Å²) in [6.45, 7) is 7.37. The van der Waals surface area contributed by atoms with Gasteiger partial charge in [-0.15, -0.1) is 0 Å². The Morgan fingerprint density at radius 1 is 1.03 bits per heavy atom. The van der Waals surface area contributed by atoms with Gasteiger partial charge in [-0.25, -0.2) is 4.79 Å². The van der Waals surface area contributed by atoms with E-state index in [4.69, 9.17) is 16.3 Å². The molecule has 3 N–H and O–H groups in total. The number of hydrogen-bond acceptors (Lipinski definition) is 5. The molecule has 1 aliphatic rings. The molecule has 0 saturated carbocycles. The maximum Gasteiger partial charge on any atom is 0.329 e. The molecule has 0 aliphatic carbocycles. The van der Waals surface area contributed by atoms with Crippen LogP contribution in [0.5, 0.6) is 0 Å². The van der Waals surface area contributed by atoms with E-state index in [-0.39, 0.29) is 18.8 Å². The first-order valence-electron chi connectivity index (χ1n) is 12.5. The molecule has 0 aromatic heterocycles. The van der Waals surface area contributed by atoms with Crippen LogP contribution in [0.2, 0.25) is 5.02 Å².